The molecule has 2 aromatic carbocycles. The summed E-state index contributed by atoms with van der Waals surface area (Å²) in [4.78, 5) is 6.78. The fraction of sp³-hybridized carbons (Fsp3) is 0.316. The van der Waals surface area contributed by atoms with Gasteiger partial charge in [0.05, 0.1) is 6.54 Å². The van der Waals surface area contributed by atoms with Crippen LogP contribution in [0.4, 0.5) is 5.69 Å². The average molecular weight is 310 g/mol. The predicted molar refractivity (Wildman–Crippen MR) is 98.9 cm³/mol. The van der Waals surface area contributed by atoms with Crippen LogP contribution in [-0.4, -0.2) is 26.6 Å². The second kappa shape index (κ2) is 8.83. The van der Waals surface area contributed by atoms with Gasteiger partial charge in [-0.2, -0.15) is 0 Å². The summed E-state index contributed by atoms with van der Waals surface area (Å²) in [6.45, 7) is 4.35. The molecule has 23 heavy (non-hydrogen) atoms. The van der Waals surface area contributed by atoms with Crippen LogP contribution in [0, 0.1) is 0 Å². The fourth-order valence-electron chi connectivity index (χ4n) is 2.23. The standard InChI is InChI=1S/C19H26N4/c1-4-20-19(21-14-16-9-6-5-7-10-16)22-15-17-11-8-12-18(13-17)23(2)3/h5-13H,4,14-15H2,1-3H3,(H2,20,21,22). The van der Waals surface area contributed by atoms with Crippen molar-refractivity contribution in [1.82, 2.24) is 10.6 Å². The number of anilines is 1. The molecule has 2 N–H and O–H groups in total. The highest BCUT2D eigenvalue weighted by Crippen LogP contribution is 2.13. The van der Waals surface area contributed by atoms with E-state index in [4.69, 9.17) is 0 Å². The summed E-state index contributed by atoms with van der Waals surface area (Å²) in [7, 11) is 4.10. The van der Waals surface area contributed by atoms with Gasteiger partial charge in [0.25, 0.3) is 0 Å². The molecule has 0 aliphatic carbocycles. The van der Waals surface area contributed by atoms with Gasteiger partial charge in [-0.15, -0.1) is 0 Å². The Morgan fingerprint density at radius 3 is 2.39 bits per heavy atom. The van der Waals surface area contributed by atoms with Crippen LogP contribution in [0.5, 0.6) is 0 Å². The van der Waals surface area contributed by atoms with E-state index in [2.05, 4.69) is 63.8 Å². The normalized spacial score (nSPS) is 11.2. The third-order valence-corrected chi connectivity index (χ3v) is 3.49. The molecule has 0 radical (unpaired) electrons. The summed E-state index contributed by atoms with van der Waals surface area (Å²) >= 11 is 0. The first-order valence-electron chi connectivity index (χ1n) is 8.01. The maximum absolute atomic E-state index is 4.68. The van der Waals surface area contributed by atoms with Gasteiger partial charge < -0.3 is 15.5 Å². The van der Waals surface area contributed by atoms with Crippen molar-refractivity contribution in [2.75, 3.05) is 25.5 Å². The molecule has 0 atom stereocenters. The van der Waals surface area contributed by atoms with Crippen LogP contribution in [0.15, 0.2) is 59.6 Å². The Hall–Kier alpha value is -2.49. The van der Waals surface area contributed by atoms with E-state index in [0.717, 1.165) is 19.0 Å². The monoisotopic (exact) mass is 310 g/mol. The molecule has 0 saturated carbocycles. The fourth-order valence-corrected chi connectivity index (χ4v) is 2.23. The predicted octanol–water partition coefficient (Wildman–Crippen LogP) is 3.01. The number of nitrogens with one attached hydrogen (secondary N) is 2. The van der Waals surface area contributed by atoms with Crippen molar-refractivity contribution in [1.29, 1.82) is 0 Å². The van der Waals surface area contributed by atoms with Crippen molar-refractivity contribution in [3.63, 3.8) is 0 Å². The zero-order chi connectivity index (χ0) is 16.5. The van der Waals surface area contributed by atoms with Gasteiger partial charge in [0.1, 0.15) is 0 Å². The van der Waals surface area contributed by atoms with E-state index in [1.807, 2.05) is 32.3 Å². The lowest BCUT2D eigenvalue weighted by atomic mass is 10.2. The summed E-state index contributed by atoms with van der Waals surface area (Å²) < 4.78 is 0. The molecule has 0 amide bonds. The Morgan fingerprint density at radius 1 is 0.957 bits per heavy atom. The average Bonchev–Trinajstić information content (AvgIpc) is 2.58. The van der Waals surface area contributed by atoms with Crippen molar-refractivity contribution in [3.8, 4) is 0 Å². The van der Waals surface area contributed by atoms with Crippen LogP contribution in [0.25, 0.3) is 0 Å². The van der Waals surface area contributed by atoms with Gasteiger partial charge in [-0.1, -0.05) is 42.5 Å². The van der Waals surface area contributed by atoms with Gasteiger partial charge in [-0.3, -0.25) is 0 Å². The van der Waals surface area contributed by atoms with Crippen LogP contribution in [0.3, 0.4) is 0 Å². The van der Waals surface area contributed by atoms with Crippen LogP contribution in [0.2, 0.25) is 0 Å². The molecule has 0 fully saturated rings. The summed E-state index contributed by atoms with van der Waals surface area (Å²) in [5.41, 5.74) is 3.64. The van der Waals surface area contributed by atoms with E-state index < -0.39 is 0 Å². The van der Waals surface area contributed by atoms with Gasteiger partial charge in [-0.05, 0) is 30.2 Å². The number of hydrogen-bond acceptors (Lipinski definition) is 2. The maximum atomic E-state index is 4.68. The van der Waals surface area contributed by atoms with E-state index in [9.17, 15) is 0 Å². The lowest BCUT2D eigenvalue weighted by Gasteiger charge is -2.14. The minimum atomic E-state index is 0.659. The molecular formula is C19H26N4. The van der Waals surface area contributed by atoms with Crippen molar-refractivity contribution < 1.29 is 0 Å². The van der Waals surface area contributed by atoms with Gasteiger partial charge in [-0.25, -0.2) is 4.99 Å². The quantitative estimate of drug-likeness (QED) is 0.636. The third kappa shape index (κ3) is 5.66. The second-order valence-electron chi connectivity index (χ2n) is 5.60. The van der Waals surface area contributed by atoms with Crippen LogP contribution in [0.1, 0.15) is 18.1 Å². The lowest BCUT2D eigenvalue weighted by Crippen LogP contribution is -2.36. The van der Waals surface area contributed by atoms with E-state index in [1.165, 1.54) is 16.8 Å². The summed E-state index contributed by atoms with van der Waals surface area (Å²) in [5.74, 6) is 0.839. The highest BCUT2D eigenvalue weighted by Gasteiger charge is 2.00. The maximum Gasteiger partial charge on any atom is 0.191 e. The molecular weight excluding hydrogens is 284 g/mol. The Balaban J connectivity index is 1.99. The van der Waals surface area contributed by atoms with E-state index in [-0.39, 0.29) is 0 Å². The Labute approximate surface area is 139 Å². The molecule has 4 nitrogen and oxygen atoms in total. The van der Waals surface area contributed by atoms with Gasteiger partial charge in [0.2, 0.25) is 0 Å². The minimum absolute atomic E-state index is 0.659. The highest BCUT2D eigenvalue weighted by atomic mass is 15.2. The van der Waals surface area contributed by atoms with Crippen molar-refractivity contribution in [3.05, 3.63) is 65.7 Å². The number of aliphatic imine (C=N–C) groups is 1. The summed E-state index contributed by atoms with van der Waals surface area (Å²) in [6.07, 6.45) is 0. The molecule has 2 aromatic rings. The zero-order valence-electron chi connectivity index (χ0n) is 14.2. The van der Waals surface area contributed by atoms with Gasteiger partial charge in [0, 0.05) is 32.9 Å². The van der Waals surface area contributed by atoms with Crippen molar-refractivity contribution >= 4 is 11.6 Å². The van der Waals surface area contributed by atoms with E-state index in [1.54, 1.807) is 0 Å². The Kier molecular flexibility index (Phi) is 6.48. The highest BCUT2D eigenvalue weighted by molar-refractivity contribution is 5.79. The summed E-state index contributed by atoms with van der Waals surface area (Å²) in [6, 6.07) is 18.8. The number of rotatable bonds is 6. The molecule has 122 valence electrons. The molecule has 4 heteroatoms. The SMILES string of the molecule is CCNC(=NCc1cccc(N(C)C)c1)NCc1ccccc1. The van der Waals surface area contributed by atoms with Crippen LogP contribution < -0.4 is 15.5 Å². The molecule has 0 heterocycles. The number of hydrogen-bond donors (Lipinski definition) is 2. The topological polar surface area (TPSA) is 39.7 Å². The molecule has 0 unspecified atom stereocenters. The van der Waals surface area contributed by atoms with Crippen molar-refractivity contribution in [2.45, 2.75) is 20.0 Å². The third-order valence-electron chi connectivity index (χ3n) is 3.49. The van der Waals surface area contributed by atoms with Crippen LogP contribution in [-0.2, 0) is 13.1 Å². The first-order chi connectivity index (χ1) is 11.2. The van der Waals surface area contributed by atoms with Crippen molar-refractivity contribution in [2.24, 2.45) is 4.99 Å². The number of guanidine groups is 1. The first-order valence-corrected chi connectivity index (χ1v) is 8.01. The summed E-state index contributed by atoms with van der Waals surface area (Å²) in [5, 5.41) is 6.66. The minimum Gasteiger partial charge on any atom is -0.378 e. The van der Waals surface area contributed by atoms with Crippen LogP contribution >= 0.6 is 0 Å². The smallest absolute Gasteiger partial charge is 0.191 e. The van der Waals surface area contributed by atoms with E-state index >= 15 is 0 Å². The molecule has 0 saturated heterocycles. The zero-order valence-corrected chi connectivity index (χ0v) is 14.2. The molecule has 0 spiro atoms. The van der Waals surface area contributed by atoms with Gasteiger partial charge in [0.15, 0.2) is 5.96 Å². The molecule has 0 bridgehead atoms. The Bertz CT molecular complexity index is 620. The molecule has 0 aliphatic heterocycles. The largest absolute Gasteiger partial charge is 0.378 e. The molecule has 2 rings (SSSR count). The Morgan fingerprint density at radius 2 is 1.70 bits per heavy atom. The molecule has 0 aliphatic rings. The number of benzene rings is 2. The van der Waals surface area contributed by atoms with Gasteiger partial charge >= 0.3 is 0 Å². The number of nitrogens with zero attached hydrogens (tertiary/aromatic N) is 2. The molecule has 0 aromatic heterocycles. The second-order valence-corrected chi connectivity index (χ2v) is 5.60. The van der Waals surface area contributed by atoms with E-state index in [0.29, 0.717) is 6.54 Å². The first kappa shape index (κ1) is 16.9. The lowest BCUT2D eigenvalue weighted by molar-refractivity contribution is 0.816.